The van der Waals surface area contributed by atoms with E-state index >= 15 is 0 Å². The second kappa shape index (κ2) is 7.65. The molecule has 3 aromatic heterocycles. The molecule has 0 saturated heterocycles. The molecule has 0 atom stereocenters. The topological polar surface area (TPSA) is 35.6 Å². The summed E-state index contributed by atoms with van der Waals surface area (Å²) in [5.74, 6) is 0.703. The smallest absolute Gasteiger partial charge is 0.235 e. The first-order chi connectivity index (χ1) is 19.4. The van der Waals surface area contributed by atoms with Crippen molar-refractivity contribution in [3.63, 3.8) is 0 Å². The Balaban J connectivity index is 1.48. The molecule has 4 heteroatoms. The van der Waals surface area contributed by atoms with Crippen molar-refractivity contribution in [3.8, 4) is 22.9 Å². The van der Waals surface area contributed by atoms with Gasteiger partial charge in [-0.05, 0) is 29.8 Å². The van der Waals surface area contributed by atoms with Crippen molar-refractivity contribution in [1.29, 1.82) is 0 Å². The van der Waals surface area contributed by atoms with Crippen LogP contribution in [-0.4, -0.2) is 19.1 Å². The van der Waals surface area contributed by atoms with Gasteiger partial charge in [0.1, 0.15) is 0 Å². The number of rotatable bonds is 2. The minimum atomic E-state index is 0.703. The third kappa shape index (κ3) is 2.78. The van der Waals surface area contributed by atoms with E-state index in [1.165, 1.54) is 49.3 Å². The minimum absolute atomic E-state index is 0.703. The molecule has 0 saturated carbocycles. The fourth-order valence-corrected chi connectivity index (χ4v) is 6.53. The fraction of sp³-hybridized carbons (Fsp3) is 0.0286. The van der Waals surface area contributed by atoms with Gasteiger partial charge < -0.3 is 4.57 Å². The van der Waals surface area contributed by atoms with Gasteiger partial charge in [-0.2, -0.15) is 0 Å². The van der Waals surface area contributed by atoms with Crippen molar-refractivity contribution in [2.24, 2.45) is 0 Å². The Labute approximate surface area is 224 Å². The molecular weight excluding hydrogens is 476 g/mol. The molecule has 1 aliphatic rings. The van der Waals surface area contributed by atoms with Crippen LogP contribution in [0.3, 0.4) is 0 Å². The summed E-state index contributed by atoms with van der Waals surface area (Å²) in [5, 5.41) is 4.85. The molecule has 0 N–H and O–H groups in total. The molecule has 5 aromatic carbocycles. The Bertz CT molecular complexity index is 2250. The first-order valence-corrected chi connectivity index (χ1v) is 13.3. The summed E-state index contributed by atoms with van der Waals surface area (Å²) in [7, 11) is 0. The molecule has 1 aliphatic carbocycles. The second-order valence-corrected chi connectivity index (χ2v) is 10.3. The van der Waals surface area contributed by atoms with Gasteiger partial charge in [0, 0.05) is 51.0 Å². The number of nitrogens with zero attached hydrogens (tertiary/aromatic N) is 4. The molecular formula is C35H22N4. The third-order valence-electron chi connectivity index (χ3n) is 8.19. The lowest BCUT2D eigenvalue weighted by molar-refractivity contribution is 0.980. The number of hydrogen-bond donors (Lipinski definition) is 0. The summed E-state index contributed by atoms with van der Waals surface area (Å²) in [4.78, 5) is 10.2. The predicted octanol–water partition coefficient (Wildman–Crippen LogP) is 8.24. The average molecular weight is 499 g/mol. The molecule has 182 valence electrons. The summed E-state index contributed by atoms with van der Waals surface area (Å²) < 4.78 is 4.66. The highest BCUT2D eigenvalue weighted by molar-refractivity contribution is 6.23. The molecule has 8 aromatic rings. The fourth-order valence-electron chi connectivity index (χ4n) is 6.53. The van der Waals surface area contributed by atoms with Gasteiger partial charge in [-0.15, -0.1) is 0 Å². The van der Waals surface area contributed by atoms with Crippen LogP contribution in [0.2, 0.25) is 0 Å². The van der Waals surface area contributed by atoms with Crippen LogP contribution in [0, 0.1) is 0 Å². The van der Waals surface area contributed by atoms with E-state index in [0.717, 1.165) is 28.8 Å². The van der Waals surface area contributed by atoms with Crippen LogP contribution >= 0.6 is 0 Å². The van der Waals surface area contributed by atoms with Gasteiger partial charge >= 0.3 is 0 Å². The van der Waals surface area contributed by atoms with Gasteiger partial charge in [-0.3, -0.25) is 4.57 Å². The van der Waals surface area contributed by atoms with E-state index in [2.05, 4.69) is 124 Å². The second-order valence-electron chi connectivity index (χ2n) is 10.3. The van der Waals surface area contributed by atoms with Crippen LogP contribution in [0.1, 0.15) is 11.1 Å². The average Bonchev–Trinajstić information content (AvgIpc) is 3.65. The molecule has 9 rings (SSSR count). The molecule has 0 amide bonds. The summed E-state index contributed by atoms with van der Waals surface area (Å²) in [6.45, 7) is 0. The van der Waals surface area contributed by atoms with E-state index < -0.39 is 0 Å². The number of aromatic nitrogens is 4. The van der Waals surface area contributed by atoms with Crippen molar-refractivity contribution in [2.75, 3.05) is 0 Å². The molecule has 3 heterocycles. The molecule has 0 aliphatic heterocycles. The van der Waals surface area contributed by atoms with Gasteiger partial charge in [-0.25, -0.2) is 9.97 Å². The monoisotopic (exact) mass is 498 g/mol. The van der Waals surface area contributed by atoms with E-state index in [1.807, 2.05) is 6.20 Å². The molecule has 0 spiro atoms. The van der Waals surface area contributed by atoms with Crippen LogP contribution in [0.4, 0.5) is 0 Å². The summed E-state index contributed by atoms with van der Waals surface area (Å²) in [6, 6.07) is 41.0. The molecule has 0 radical (unpaired) electrons. The number of para-hydroxylation sites is 3. The van der Waals surface area contributed by atoms with E-state index in [1.54, 1.807) is 0 Å². The Morgan fingerprint density at radius 2 is 1.13 bits per heavy atom. The molecule has 39 heavy (non-hydrogen) atoms. The quantitative estimate of drug-likeness (QED) is 0.241. The zero-order valence-corrected chi connectivity index (χ0v) is 21.0. The van der Waals surface area contributed by atoms with Crippen LogP contribution in [0.25, 0.3) is 66.5 Å². The molecule has 0 bridgehead atoms. The highest BCUT2D eigenvalue weighted by atomic mass is 15.2. The summed E-state index contributed by atoms with van der Waals surface area (Å²) in [6.07, 6.45) is 2.90. The van der Waals surface area contributed by atoms with Gasteiger partial charge in [0.05, 0.1) is 27.8 Å². The summed E-state index contributed by atoms with van der Waals surface area (Å²) >= 11 is 0. The third-order valence-corrected chi connectivity index (χ3v) is 8.19. The van der Waals surface area contributed by atoms with Crippen molar-refractivity contribution in [2.45, 2.75) is 6.42 Å². The SMILES string of the molecule is c1ccc(-n2c3ccccc3c3ccc4c5ccccc5n(-c5ncc6c(n5)-c5ccccc5C6)c4c32)cc1. The van der Waals surface area contributed by atoms with Crippen LogP contribution in [0.15, 0.2) is 121 Å². The first kappa shape index (κ1) is 20.8. The Kier molecular flexibility index (Phi) is 4.08. The lowest BCUT2D eigenvalue weighted by Gasteiger charge is -2.12. The maximum absolute atomic E-state index is 5.24. The van der Waals surface area contributed by atoms with E-state index in [9.17, 15) is 0 Å². The highest BCUT2D eigenvalue weighted by Gasteiger charge is 2.24. The van der Waals surface area contributed by atoms with Crippen molar-refractivity contribution < 1.29 is 0 Å². The molecule has 0 fully saturated rings. The summed E-state index contributed by atoms with van der Waals surface area (Å²) in [5.41, 5.74) is 10.5. The standard InChI is InChI=1S/C35H22N4/c1-2-11-24(12-3-1)38-30-16-8-6-14-26(30)28-18-19-29-27-15-7-9-17-31(27)39(34(29)33(28)38)35-36-21-23-20-22-10-4-5-13-25(22)32(23)37-35/h1-19,21H,20H2. The zero-order valence-electron chi connectivity index (χ0n) is 21.0. The van der Waals surface area contributed by atoms with E-state index in [-0.39, 0.29) is 0 Å². The Hall–Kier alpha value is -5.22. The van der Waals surface area contributed by atoms with Crippen molar-refractivity contribution >= 4 is 43.6 Å². The predicted molar refractivity (Wildman–Crippen MR) is 159 cm³/mol. The Morgan fingerprint density at radius 3 is 1.90 bits per heavy atom. The lowest BCUT2D eigenvalue weighted by atomic mass is 10.1. The number of benzene rings is 5. The van der Waals surface area contributed by atoms with Crippen LogP contribution < -0.4 is 0 Å². The van der Waals surface area contributed by atoms with Gasteiger partial charge in [0.25, 0.3) is 0 Å². The lowest BCUT2D eigenvalue weighted by Crippen LogP contribution is -2.04. The molecule has 4 nitrogen and oxygen atoms in total. The number of fused-ring (bicyclic) bond motifs is 10. The van der Waals surface area contributed by atoms with Crippen molar-refractivity contribution in [3.05, 3.63) is 133 Å². The largest absolute Gasteiger partial charge is 0.307 e. The van der Waals surface area contributed by atoms with Gasteiger partial charge in [-0.1, -0.05) is 91.0 Å². The van der Waals surface area contributed by atoms with Crippen LogP contribution in [-0.2, 0) is 6.42 Å². The maximum Gasteiger partial charge on any atom is 0.235 e. The normalized spacial score (nSPS) is 12.5. The zero-order chi connectivity index (χ0) is 25.5. The molecule has 0 unspecified atom stereocenters. The maximum atomic E-state index is 5.24. The number of hydrogen-bond acceptors (Lipinski definition) is 2. The Morgan fingerprint density at radius 1 is 0.513 bits per heavy atom. The van der Waals surface area contributed by atoms with Gasteiger partial charge in [0.2, 0.25) is 5.95 Å². The van der Waals surface area contributed by atoms with Crippen LogP contribution in [0.5, 0.6) is 0 Å². The van der Waals surface area contributed by atoms with Gasteiger partial charge in [0.15, 0.2) is 0 Å². The van der Waals surface area contributed by atoms with E-state index in [4.69, 9.17) is 9.97 Å². The van der Waals surface area contributed by atoms with E-state index in [0.29, 0.717) is 5.95 Å². The first-order valence-electron chi connectivity index (χ1n) is 13.3. The van der Waals surface area contributed by atoms with Crippen molar-refractivity contribution in [1.82, 2.24) is 19.1 Å². The minimum Gasteiger partial charge on any atom is -0.307 e. The highest BCUT2D eigenvalue weighted by Crippen LogP contribution is 2.42.